The average molecular weight is 494 g/mol. The van der Waals surface area contributed by atoms with Crippen LogP contribution in [0.1, 0.15) is 25.3 Å². The Labute approximate surface area is 207 Å². The number of sulfone groups is 1. The second-order valence-electron chi connectivity index (χ2n) is 8.68. The van der Waals surface area contributed by atoms with E-state index < -0.39 is 21.1 Å². The molecule has 7 heteroatoms. The van der Waals surface area contributed by atoms with Gasteiger partial charge in [-0.3, -0.25) is 9.69 Å². The molecule has 2 unspecified atom stereocenters. The third-order valence-corrected chi connectivity index (χ3v) is 8.61. The van der Waals surface area contributed by atoms with E-state index in [4.69, 9.17) is 9.47 Å². The van der Waals surface area contributed by atoms with E-state index in [1.54, 1.807) is 38.3 Å². The van der Waals surface area contributed by atoms with Crippen LogP contribution in [0.3, 0.4) is 0 Å². The van der Waals surface area contributed by atoms with Crippen LogP contribution in [0.5, 0.6) is 5.75 Å². The first-order valence-corrected chi connectivity index (χ1v) is 13.4. The number of likely N-dealkylation sites (tertiary alicyclic amines) is 1. The Morgan fingerprint density at radius 1 is 0.943 bits per heavy atom. The number of hydrogen-bond donors (Lipinski definition) is 0. The van der Waals surface area contributed by atoms with Crippen molar-refractivity contribution in [2.75, 3.05) is 20.3 Å². The van der Waals surface area contributed by atoms with Crippen LogP contribution in [0.25, 0.3) is 11.1 Å². The lowest BCUT2D eigenvalue weighted by molar-refractivity contribution is -0.149. The predicted molar refractivity (Wildman–Crippen MR) is 136 cm³/mol. The molecule has 6 nitrogen and oxygen atoms in total. The lowest BCUT2D eigenvalue weighted by Gasteiger charge is -2.38. The molecule has 184 valence electrons. The maximum absolute atomic E-state index is 13.7. The van der Waals surface area contributed by atoms with Crippen molar-refractivity contribution in [2.45, 2.75) is 36.6 Å². The molecule has 0 spiro atoms. The standard InChI is InChI=1S/C28H31NO5S/c1-3-34-28(30)24-17-18-29(20-21-9-11-23(12-10-21)22-7-5-4-6-8-22)27(19-24)35(31,32)26-15-13-25(33-2)14-16-26/h4-16,24,27H,3,17-20H2,1-2H3. The zero-order valence-corrected chi connectivity index (χ0v) is 20.9. The van der Waals surface area contributed by atoms with Crippen molar-refractivity contribution in [1.29, 1.82) is 0 Å². The Morgan fingerprint density at radius 3 is 2.23 bits per heavy atom. The number of hydrogen-bond acceptors (Lipinski definition) is 6. The highest BCUT2D eigenvalue weighted by molar-refractivity contribution is 7.92. The Bertz CT molecular complexity index is 1220. The summed E-state index contributed by atoms with van der Waals surface area (Å²) in [7, 11) is -2.19. The molecule has 0 amide bonds. The average Bonchev–Trinajstić information content (AvgIpc) is 2.90. The van der Waals surface area contributed by atoms with Gasteiger partial charge in [-0.1, -0.05) is 54.6 Å². The lowest BCUT2D eigenvalue weighted by Crippen LogP contribution is -2.48. The summed E-state index contributed by atoms with van der Waals surface area (Å²) in [4.78, 5) is 14.7. The van der Waals surface area contributed by atoms with Crippen LogP contribution in [0.2, 0.25) is 0 Å². The van der Waals surface area contributed by atoms with E-state index in [-0.39, 0.29) is 23.9 Å². The highest BCUT2D eigenvalue weighted by atomic mass is 32.2. The Morgan fingerprint density at radius 2 is 1.60 bits per heavy atom. The number of rotatable bonds is 8. The molecular formula is C28H31NO5S. The van der Waals surface area contributed by atoms with Crippen molar-refractivity contribution in [2.24, 2.45) is 5.92 Å². The van der Waals surface area contributed by atoms with Gasteiger partial charge in [0.1, 0.15) is 11.1 Å². The summed E-state index contributed by atoms with van der Waals surface area (Å²) in [5.41, 5.74) is 3.27. The van der Waals surface area contributed by atoms with Gasteiger partial charge in [0.2, 0.25) is 0 Å². The maximum Gasteiger partial charge on any atom is 0.309 e. The summed E-state index contributed by atoms with van der Waals surface area (Å²) >= 11 is 0. The van der Waals surface area contributed by atoms with E-state index in [1.165, 1.54) is 0 Å². The minimum atomic E-state index is -3.73. The number of carbonyl (C=O) groups excluding carboxylic acids is 1. The second-order valence-corrected chi connectivity index (χ2v) is 10.8. The van der Waals surface area contributed by atoms with E-state index in [1.807, 2.05) is 35.2 Å². The lowest BCUT2D eigenvalue weighted by atomic mass is 9.96. The van der Waals surface area contributed by atoms with Crippen molar-refractivity contribution < 1.29 is 22.7 Å². The molecule has 3 aromatic rings. The van der Waals surface area contributed by atoms with Crippen LogP contribution in [-0.4, -0.2) is 44.9 Å². The number of benzene rings is 3. The number of piperidine rings is 1. The van der Waals surface area contributed by atoms with E-state index in [2.05, 4.69) is 24.3 Å². The number of ether oxygens (including phenoxy) is 2. The first-order chi connectivity index (χ1) is 16.9. The minimum Gasteiger partial charge on any atom is -0.497 e. The number of methoxy groups -OCH3 is 1. The summed E-state index contributed by atoms with van der Waals surface area (Å²) in [5.74, 6) is -0.175. The maximum atomic E-state index is 13.7. The summed E-state index contributed by atoms with van der Waals surface area (Å²) in [6.07, 6.45) is 0.769. The molecule has 0 radical (unpaired) electrons. The third kappa shape index (κ3) is 5.74. The summed E-state index contributed by atoms with van der Waals surface area (Å²) in [5, 5.41) is -0.826. The summed E-state index contributed by atoms with van der Waals surface area (Å²) < 4.78 is 37.8. The zero-order chi connectivity index (χ0) is 24.8. The van der Waals surface area contributed by atoms with Gasteiger partial charge in [0.05, 0.1) is 24.5 Å². The van der Waals surface area contributed by atoms with Crippen molar-refractivity contribution in [3.05, 3.63) is 84.4 Å². The molecule has 3 aromatic carbocycles. The summed E-state index contributed by atoms with van der Waals surface area (Å²) in [6.45, 7) is 3.01. The van der Waals surface area contributed by atoms with Gasteiger partial charge in [0, 0.05) is 13.1 Å². The molecule has 0 aromatic heterocycles. The van der Waals surface area contributed by atoms with Gasteiger partial charge in [0.25, 0.3) is 0 Å². The molecular weight excluding hydrogens is 462 g/mol. The fourth-order valence-electron chi connectivity index (χ4n) is 4.54. The van der Waals surface area contributed by atoms with E-state index in [9.17, 15) is 13.2 Å². The van der Waals surface area contributed by atoms with Gasteiger partial charge in [-0.25, -0.2) is 8.42 Å². The fraction of sp³-hybridized carbons (Fsp3) is 0.321. The number of esters is 1. The zero-order valence-electron chi connectivity index (χ0n) is 20.1. The molecule has 0 aliphatic carbocycles. The largest absolute Gasteiger partial charge is 0.497 e. The van der Waals surface area contributed by atoms with Crippen LogP contribution in [0.15, 0.2) is 83.8 Å². The second kappa shape index (κ2) is 11.1. The molecule has 2 atom stereocenters. The van der Waals surface area contributed by atoms with Crippen molar-refractivity contribution >= 4 is 15.8 Å². The molecule has 1 saturated heterocycles. The van der Waals surface area contributed by atoms with Gasteiger partial charge >= 0.3 is 5.97 Å². The summed E-state index contributed by atoms with van der Waals surface area (Å²) in [6, 6.07) is 24.7. The van der Waals surface area contributed by atoms with Crippen molar-refractivity contribution in [3.63, 3.8) is 0 Å². The van der Waals surface area contributed by atoms with Gasteiger partial charge in [-0.15, -0.1) is 0 Å². The highest BCUT2D eigenvalue weighted by Gasteiger charge is 2.41. The number of nitrogens with zero attached hydrogens (tertiary/aromatic N) is 1. The fourth-order valence-corrected chi connectivity index (χ4v) is 6.43. The number of carbonyl (C=O) groups is 1. The van der Waals surface area contributed by atoms with Gasteiger partial charge in [0.15, 0.2) is 9.84 Å². The quantitative estimate of drug-likeness (QED) is 0.414. The molecule has 0 bridgehead atoms. The topological polar surface area (TPSA) is 72.9 Å². The monoisotopic (exact) mass is 493 g/mol. The van der Waals surface area contributed by atoms with Crippen LogP contribution < -0.4 is 4.74 Å². The Hall–Kier alpha value is -3.16. The van der Waals surface area contributed by atoms with Crippen LogP contribution in [-0.2, 0) is 25.9 Å². The smallest absolute Gasteiger partial charge is 0.309 e. The molecule has 0 N–H and O–H groups in total. The van der Waals surface area contributed by atoms with E-state index >= 15 is 0 Å². The van der Waals surface area contributed by atoms with E-state index in [0.717, 1.165) is 16.7 Å². The highest BCUT2D eigenvalue weighted by Crippen LogP contribution is 2.33. The van der Waals surface area contributed by atoms with Crippen molar-refractivity contribution in [3.8, 4) is 16.9 Å². The predicted octanol–water partition coefficient (Wildman–Crippen LogP) is 4.94. The minimum absolute atomic E-state index is 0.204. The third-order valence-electron chi connectivity index (χ3n) is 6.47. The molecule has 1 aliphatic rings. The molecule has 35 heavy (non-hydrogen) atoms. The van der Waals surface area contributed by atoms with Crippen LogP contribution in [0.4, 0.5) is 0 Å². The molecule has 4 rings (SSSR count). The normalized spacial score (nSPS) is 18.7. The first-order valence-electron chi connectivity index (χ1n) is 11.9. The Kier molecular flexibility index (Phi) is 7.88. The molecule has 0 saturated carbocycles. The van der Waals surface area contributed by atoms with Crippen LogP contribution in [0, 0.1) is 5.92 Å². The van der Waals surface area contributed by atoms with Crippen LogP contribution >= 0.6 is 0 Å². The van der Waals surface area contributed by atoms with Crippen molar-refractivity contribution in [1.82, 2.24) is 4.90 Å². The first kappa shape index (κ1) is 24.9. The van der Waals surface area contributed by atoms with Gasteiger partial charge < -0.3 is 9.47 Å². The molecule has 1 fully saturated rings. The Balaban J connectivity index is 1.59. The van der Waals surface area contributed by atoms with E-state index in [0.29, 0.717) is 25.3 Å². The SMILES string of the molecule is CCOC(=O)C1CCN(Cc2ccc(-c3ccccc3)cc2)C(S(=O)(=O)c2ccc(OC)cc2)C1. The molecule has 1 heterocycles. The van der Waals surface area contributed by atoms with Gasteiger partial charge in [-0.05, 0) is 60.7 Å². The molecule has 1 aliphatic heterocycles. The van der Waals surface area contributed by atoms with Gasteiger partial charge in [-0.2, -0.15) is 0 Å².